The minimum atomic E-state index is -0.846. The van der Waals surface area contributed by atoms with Gasteiger partial charge in [0.2, 0.25) is 0 Å². The predicted molar refractivity (Wildman–Crippen MR) is 70.5 cm³/mol. The van der Waals surface area contributed by atoms with Crippen molar-refractivity contribution in [3.63, 3.8) is 0 Å². The van der Waals surface area contributed by atoms with Crippen molar-refractivity contribution in [3.05, 3.63) is 64.2 Å². The van der Waals surface area contributed by atoms with Crippen LogP contribution in [0.2, 0.25) is 5.02 Å². The third-order valence-electron chi connectivity index (χ3n) is 2.47. The van der Waals surface area contributed by atoms with Gasteiger partial charge in [0, 0.05) is 11.6 Å². The first-order valence-corrected chi connectivity index (χ1v) is 5.84. The number of benzene rings is 2. The predicted octanol–water partition coefficient (Wildman–Crippen LogP) is 3.74. The normalized spacial score (nSPS) is 9.90. The SMILES string of the molecule is N#Cc1ccc(NC(=O)c2cc(F)cc(F)c2)c(Cl)c1. The molecule has 3 nitrogen and oxygen atoms in total. The molecule has 2 rings (SSSR count). The number of amides is 1. The van der Waals surface area contributed by atoms with Crippen LogP contribution in [-0.4, -0.2) is 5.91 Å². The van der Waals surface area contributed by atoms with Gasteiger partial charge in [0.05, 0.1) is 22.3 Å². The Balaban J connectivity index is 2.26. The Morgan fingerprint density at radius 1 is 1.15 bits per heavy atom. The summed E-state index contributed by atoms with van der Waals surface area (Å²) < 4.78 is 26.0. The quantitative estimate of drug-likeness (QED) is 0.916. The molecule has 20 heavy (non-hydrogen) atoms. The molecule has 0 aliphatic rings. The molecule has 0 heterocycles. The van der Waals surface area contributed by atoms with Crippen LogP contribution < -0.4 is 5.32 Å². The van der Waals surface area contributed by atoms with E-state index in [-0.39, 0.29) is 16.3 Å². The lowest BCUT2D eigenvalue weighted by Crippen LogP contribution is -2.13. The fourth-order valence-corrected chi connectivity index (χ4v) is 1.79. The molecule has 0 aromatic heterocycles. The van der Waals surface area contributed by atoms with E-state index in [0.717, 1.165) is 12.1 Å². The van der Waals surface area contributed by atoms with Gasteiger partial charge in [0.1, 0.15) is 11.6 Å². The van der Waals surface area contributed by atoms with Crippen molar-refractivity contribution in [1.29, 1.82) is 5.26 Å². The van der Waals surface area contributed by atoms with Gasteiger partial charge < -0.3 is 5.32 Å². The summed E-state index contributed by atoms with van der Waals surface area (Å²) in [6, 6.07) is 8.68. The highest BCUT2D eigenvalue weighted by Crippen LogP contribution is 2.23. The smallest absolute Gasteiger partial charge is 0.255 e. The maximum absolute atomic E-state index is 13.0. The number of halogens is 3. The van der Waals surface area contributed by atoms with Crippen LogP contribution in [0.15, 0.2) is 36.4 Å². The van der Waals surface area contributed by atoms with E-state index in [0.29, 0.717) is 11.6 Å². The largest absolute Gasteiger partial charge is 0.321 e. The van der Waals surface area contributed by atoms with Crippen molar-refractivity contribution in [3.8, 4) is 6.07 Å². The summed E-state index contributed by atoms with van der Waals surface area (Å²) >= 11 is 5.89. The van der Waals surface area contributed by atoms with Gasteiger partial charge >= 0.3 is 0 Å². The summed E-state index contributed by atoms with van der Waals surface area (Å²) in [4.78, 5) is 11.9. The third-order valence-corrected chi connectivity index (χ3v) is 2.78. The minimum absolute atomic E-state index is 0.161. The molecule has 100 valence electrons. The molecule has 0 aliphatic heterocycles. The Morgan fingerprint density at radius 3 is 2.35 bits per heavy atom. The van der Waals surface area contributed by atoms with Crippen LogP contribution in [0.25, 0.3) is 0 Å². The highest BCUT2D eigenvalue weighted by Gasteiger charge is 2.11. The lowest BCUT2D eigenvalue weighted by atomic mass is 10.2. The molecule has 0 radical (unpaired) electrons. The molecular weight excluding hydrogens is 286 g/mol. The molecule has 0 bridgehead atoms. The fourth-order valence-electron chi connectivity index (χ4n) is 1.57. The molecule has 2 aromatic carbocycles. The maximum Gasteiger partial charge on any atom is 0.255 e. The molecule has 0 aliphatic carbocycles. The molecule has 0 unspecified atom stereocenters. The molecule has 1 amide bonds. The van der Waals surface area contributed by atoms with Gasteiger partial charge in [-0.3, -0.25) is 4.79 Å². The Hall–Kier alpha value is -2.45. The summed E-state index contributed by atoms with van der Waals surface area (Å²) in [5.41, 5.74) is 0.424. The first-order chi connectivity index (χ1) is 9.49. The molecule has 6 heteroatoms. The summed E-state index contributed by atoms with van der Waals surface area (Å²) in [5, 5.41) is 11.3. The Kier molecular flexibility index (Phi) is 3.97. The summed E-state index contributed by atoms with van der Waals surface area (Å²) in [6.07, 6.45) is 0. The molecule has 0 atom stereocenters. The van der Waals surface area contributed by atoms with E-state index in [1.807, 2.05) is 6.07 Å². The van der Waals surface area contributed by atoms with Crippen LogP contribution in [0.4, 0.5) is 14.5 Å². The number of rotatable bonds is 2. The standard InChI is InChI=1S/C14H7ClF2N2O/c15-12-3-8(7-18)1-2-13(12)19-14(20)9-4-10(16)6-11(17)5-9/h1-6H,(H,19,20). The van der Waals surface area contributed by atoms with Crippen LogP contribution >= 0.6 is 11.6 Å². The molecule has 2 aromatic rings. The van der Waals surface area contributed by atoms with Gasteiger partial charge in [-0.15, -0.1) is 0 Å². The monoisotopic (exact) mass is 292 g/mol. The molecule has 0 fully saturated rings. The van der Waals surface area contributed by atoms with E-state index < -0.39 is 17.5 Å². The number of nitrogens with one attached hydrogen (secondary N) is 1. The number of anilines is 1. The second-order valence-corrected chi connectivity index (χ2v) is 4.33. The summed E-state index contributed by atoms with van der Waals surface area (Å²) in [5.74, 6) is -2.39. The van der Waals surface area contributed by atoms with Gasteiger partial charge in [0.15, 0.2) is 0 Å². The summed E-state index contributed by atoms with van der Waals surface area (Å²) in [6.45, 7) is 0. The van der Waals surface area contributed by atoms with Gasteiger partial charge in [-0.1, -0.05) is 11.6 Å². The number of carbonyl (C=O) groups excluding carboxylic acids is 1. The number of hydrogen-bond acceptors (Lipinski definition) is 2. The van der Waals surface area contributed by atoms with Crippen LogP contribution in [0.5, 0.6) is 0 Å². The zero-order valence-corrected chi connectivity index (χ0v) is 10.7. The van der Waals surface area contributed by atoms with Crippen LogP contribution in [0.1, 0.15) is 15.9 Å². The Bertz CT molecular complexity index is 705. The average molecular weight is 293 g/mol. The minimum Gasteiger partial charge on any atom is -0.321 e. The molecular formula is C14H7ClF2N2O. The van der Waals surface area contributed by atoms with E-state index in [4.69, 9.17) is 16.9 Å². The second kappa shape index (κ2) is 5.68. The maximum atomic E-state index is 13.0. The first-order valence-electron chi connectivity index (χ1n) is 5.46. The van der Waals surface area contributed by atoms with Crippen molar-refractivity contribution in [2.24, 2.45) is 0 Å². The zero-order valence-electron chi connectivity index (χ0n) is 9.95. The number of hydrogen-bond donors (Lipinski definition) is 1. The number of nitriles is 1. The Labute approximate surface area is 118 Å². The third kappa shape index (κ3) is 3.11. The number of nitrogens with zero attached hydrogens (tertiary/aromatic N) is 1. The van der Waals surface area contributed by atoms with Crippen LogP contribution in [0, 0.1) is 23.0 Å². The highest BCUT2D eigenvalue weighted by atomic mass is 35.5. The van der Waals surface area contributed by atoms with E-state index in [9.17, 15) is 13.6 Å². The zero-order chi connectivity index (χ0) is 14.7. The lowest BCUT2D eigenvalue weighted by Gasteiger charge is -2.07. The topological polar surface area (TPSA) is 52.9 Å². The van der Waals surface area contributed by atoms with Gasteiger partial charge in [-0.05, 0) is 30.3 Å². The van der Waals surface area contributed by atoms with Crippen molar-refractivity contribution >= 4 is 23.2 Å². The van der Waals surface area contributed by atoms with Crippen LogP contribution in [0.3, 0.4) is 0 Å². The molecule has 1 N–H and O–H groups in total. The van der Waals surface area contributed by atoms with Crippen molar-refractivity contribution in [1.82, 2.24) is 0 Å². The van der Waals surface area contributed by atoms with E-state index in [2.05, 4.69) is 5.32 Å². The van der Waals surface area contributed by atoms with Crippen molar-refractivity contribution < 1.29 is 13.6 Å². The molecule has 0 saturated heterocycles. The highest BCUT2D eigenvalue weighted by molar-refractivity contribution is 6.34. The number of carbonyl (C=O) groups is 1. The second-order valence-electron chi connectivity index (χ2n) is 3.92. The van der Waals surface area contributed by atoms with E-state index >= 15 is 0 Å². The van der Waals surface area contributed by atoms with Crippen LogP contribution in [-0.2, 0) is 0 Å². The van der Waals surface area contributed by atoms with Crippen molar-refractivity contribution in [2.45, 2.75) is 0 Å². The van der Waals surface area contributed by atoms with E-state index in [1.165, 1.54) is 18.2 Å². The average Bonchev–Trinajstić information content (AvgIpc) is 2.39. The molecule has 0 saturated carbocycles. The summed E-state index contributed by atoms with van der Waals surface area (Å²) in [7, 11) is 0. The van der Waals surface area contributed by atoms with Gasteiger partial charge in [-0.25, -0.2) is 8.78 Å². The van der Waals surface area contributed by atoms with E-state index in [1.54, 1.807) is 0 Å². The van der Waals surface area contributed by atoms with Gasteiger partial charge in [-0.2, -0.15) is 5.26 Å². The fraction of sp³-hybridized carbons (Fsp3) is 0. The first kappa shape index (κ1) is 14.0. The lowest BCUT2D eigenvalue weighted by molar-refractivity contribution is 0.102. The van der Waals surface area contributed by atoms with Gasteiger partial charge in [0.25, 0.3) is 5.91 Å². The Morgan fingerprint density at radius 2 is 1.80 bits per heavy atom. The van der Waals surface area contributed by atoms with Crippen molar-refractivity contribution in [2.75, 3.05) is 5.32 Å². The molecule has 0 spiro atoms.